The molecule has 1 aliphatic heterocycles. The lowest BCUT2D eigenvalue weighted by molar-refractivity contribution is -0.140. The molecule has 0 saturated carbocycles. The Hall–Kier alpha value is -1.84. The highest BCUT2D eigenvalue weighted by Crippen LogP contribution is 2.16. The molecule has 0 amide bonds. The predicted molar refractivity (Wildman–Crippen MR) is 54.9 cm³/mol. The zero-order valence-corrected chi connectivity index (χ0v) is 8.40. The number of carbonyl (C=O) groups excluding carboxylic acids is 1. The molecule has 0 unspecified atom stereocenters. The van der Waals surface area contributed by atoms with Gasteiger partial charge in [-0.15, -0.1) is 0 Å². The minimum absolute atomic E-state index is 0.244. The second-order valence-electron chi connectivity index (χ2n) is 3.14. The maximum Gasteiger partial charge on any atom is 0.341 e. The molecular formula is C11H11NO3. The van der Waals surface area contributed by atoms with Crippen LogP contribution in [0.5, 0.6) is 5.75 Å². The quantitative estimate of drug-likeness (QED) is 0.706. The molecule has 1 aliphatic rings. The number of oxime groups is 1. The largest absolute Gasteiger partial charge is 0.494 e. The lowest BCUT2D eigenvalue weighted by atomic mass is 10.1. The predicted octanol–water partition coefficient (Wildman–Crippen LogP) is 1.74. The topological polar surface area (TPSA) is 47.9 Å². The van der Waals surface area contributed by atoms with Crippen molar-refractivity contribution in [1.82, 2.24) is 0 Å². The van der Waals surface area contributed by atoms with E-state index in [1.807, 2.05) is 31.2 Å². The first kappa shape index (κ1) is 9.71. The monoisotopic (exact) mass is 205 g/mol. The maximum atomic E-state index is 10.8. The van der Waals surface area contributed by atoms with Gasteiger partial charge in [0, 0.05) is 5.56 Å². The molecule has 2 rings (SSSR count). The van der Waals surface area contributed by atoms with Crippen molar-refractivity contribution in [3.63, 3.8) is 0 Å². The van der Waals surface area contributed by atoms with Crippen LogP contribution >= 0.6 is 0 Å². The standard InChI is InChI=1S/C11H11NO3/c1-2-14-9-5-3-8(4-6-9)10-7-11(13)15-12-10/h3-6H,2,7H2,1H3. The van der Waals surface area contributed by atoms with Gasteiger partial charge in [0.25, 0.3) is 0 Å². The summed E-state index contributed by atoms with van der Waals surface area (Å²) in [6, 6.07) is 7.44. The molecule has 0 N–H and O–H groups in total. The summed E-state index contributed by atoms with van der Waals surface area (Å²) < 4.78 is 5.31. The summed E-state index contributed by atoms with van der Waals surface area (Å²) in [5.74, 6) is 0.506. The van der Waals surface area contributed by atoms with E-state index in [2.05, 4.69) is 9.99 Å². The van der Waals surface area contributed by atoms with Crippen molar-refractivity contribution in [3.8, 4) is 5.75 Å². The van der Waals surface area contributed by atoms with E-state index in [1.165, 1.54) is 0 Å². The first-order chi connectivity index (χ1) is 7.29. The molecule has 0 atom stereocenters. The third-order valence-corrected chi connectivity index (χ3v) is 2.07. The van der Waals surface area contributed by atoms with Crippen LogP contribution in [0.4, 0.5) is 0 Å². The van der Waals surface area contributed by atoms with Crippen LogP contribution in [0.2, 0.25) is 0 Å². The van der Waals surface area contributed by atoms with Crippen molar-refractivity contribution in [2.75, 3.05) is 6.61 Å². The van der Waals surface area contributed by atoms with Crippen LogP contribution in [-0.4, -0.2) is 18.3 Å². The van der Waals surface area contributed by atoms with E-state index in [-0.39, 0.29) is 12.4 Å². The van der Waals surface area contributed by atoms with Gasteiger partial charge in [0.05, 0.1) is 18.7 Å². The average molecular weight is 205 g/mol. The van der Waals surface area contributed by atoms with Gasteiger partial charge in [-0.2, -0.15) is 0 Å². The minimum Gasteiger partial charge on any atom is -0.494 e. The Morgan fingerprint density at radius 3 is 2.67 bits per heavy atom. The van der Waals surface area contributed by atoms with Crippen LogP contribution in [0.25, 0.3) is 0 Å². The fourth-order valence-corrected chi connectivity index (χ4v) is 1.37. The highest BCUT2D eigenvalue weighted by Gasteiger charge is 2.18. The number of carbonyl (C=O) groups is 1. The number of benzene rings is 1. The molecule has 0 saturated heterocycles. The molecule has 78 valence electrons. The van der Waals surface area contributed by atoms with Gasteiger partial charge in [0.15, 0.2) is 0 Å². The third kappa shape index (κ3) is 2.15. The van der Waals surface area contributed by atoms with E-state index in [0.29, 0.717) is 12.3 Å². The van der Waals surface area contributed by atoms with Crippen LogP contribution < -0.4 is 4.74 Å². The molecular weight excluding hydrogens is 194 g/mol. The second-order valence-corrected chi connectivity index (χ2v) is 3.14. The summed E-state index contributed by atoms with van der Waals surface area (Å²) in [7, 11) is 0. The Labute approximate surface area is 87.5 Å². The summed E-state index contributed by atoms with van der Waals surface area (Å²) in [4.78, 5) is 15.4. The lowest BCUT2D eigenvalue weighted by Gasteiger charge is -2.03. The smallest absolute Gasteiger partial charge is 0.341 e. The van der Waals surface area contributed by atoms with Crippen molar-refractivity contribution in [3.05, 3.63) is 29.8 Å². The second kappa shape index (κ2) is 4.13. The number of hydrogen-bond acceptors (Lipinski definition) is 4. The van der Waals surface area contributed by atoms with Gasteiger partial charge in [0.2, 0.25) is 0 Å². The molecule has 0 fully saturated rings. The van der Waals surface area contributed by atoms with Gasteiger partial charge in [0.1, 0.15) is 5.75 Å². The van der Waals surface area contributed by atoms with Crippen LogP contribution in [-0.2, 0) is 9.63 Å². The molecule has 1 aromatic rings. The van der Waals surface area contributed by atoms with Crippen LogP contribution in [0.15, 0.2) is 29.4 Å². The fourth-order valence-electron chi connectivity index (χ4n) is 1.37. The Kier molecular flexibility index (Phi) is 2.67. The highest BCUT2D eigenvalue weighted by atomic mass is 16.7. The Morgan fingerprint density at radius 2 is 2.13 bits per heavy atom. The van der Waals surface area contributed by atoms with Gasteiger partial charge < -0.3 is 9.57 Å². The molecule has 4 nitrogen and oxygen atoms in total. The van der Waals surface area contributed by atoms with Gasteiger partial charge in [-0.05, 0) is 31.2 Å². The van der Waals surface area contributed by atoms with Crippen molar-refractivity contribution >= 4 is 11.7 Å². The Morgan fingerprint density at radius 1 is 1.40 bits per heavy atom. The molecule has 0 bridgehead atoms. The summed E-state index contributed by atoms with van der Waals surface area (Å²) >= 11 is 0. The van der Waals surface area contributed by atoms with Crippen LogP contribution in [0.1, 0.15) is 18.9 Å². The molecule has 4 heteroatoms. The zero-order valence-electron chi connectivity index (χ0n) is 8.40. The third-order valence-electron chi connectivity index (χ3n) is 2.07. The molecule has 0 radical (unpaired) electrons. The first-order valence-electron chi connectivity index (χ1n) is 4.79. The maximum absolute atomic E-state index is 10.8. The van der Waals surface area contributed by atoms with E-state index >= 15 is 0 Å². The molecule has 0 aliphatic carbocycles. The number of ether oxygens (including phenoxy) is 1. The highest BCUT2D eigenvalue weighted by molar-refractivity contribution is 6.11. The Balaban J connectivity index is 2.13. The van der Waals surface area contributed by atoms with Crippen molar-refractivity contribution in [2.45, 2.75) is 13.3 Å². The van der Waals surface area contributed by atoms with Gasteiger partial charge in [-0.1, -0.05) is 5.16 Å². The summed E-state index contributed by atoms with van der Waals surface area (Å²) in [6.45, 7) is 2.57. The minimum atomic E-state index is -0.307. The van der Waals surface area contributed by atoms with E-state index in [0.717, 1.165) is 11.3 Å². The van der Waals surface area contributed by atoms with E-state index in [4.69, 9.17) is 4.74 Å². The van der Waals surface area contributed by atoms with Gasteiger partial charge >= 0.3 is 5.97 Å². The fraction of sp³-hybridized carbons (Fsp3) is 0.273. The first-order valence-corrected chi connectivity index (χ1v) is 4.79. The normalized spacial score (nSPS) is 14.7. The SMILES string of the molecule is CCOc1ccc(C2=NOC(=O)C2)cc1. The number of hydrogen-bond donors (Lipinski definition) is 0. The average Bonchev–Trinajstić information content (AvgIpc) is 2.67. The van der Waals surface area contributed by atoms with E-state index in [1.54, 1.807) is 0 Å². The molecule has 0 spiro atoms. The van der Waals surface area contributed by atoms with Gasteiger partial charge in [-0.3, -0.25) is 0 Å². The Bertz CT molecular complexity index is 395. The lowest BCUT2D eigenvalue weighted by Crippen LogP contribution is -2.00. The molecule has 1 aromatic carbocycles. The number of rotatable bonds is 3. The van der Waals surface area contributed by atoms with Crippen LogP contribution in [0, 0.1) is 0 Å². The summed E-state index contributed by atoms with van der Waals surface area (Å²) in [6.07, 6.45) is 0.244. The summed E-state index contributed by atoms with van der Waals surface area (Å²) in [5, 5.41) is 3.69. The zero-order chi connectivity index (χ0) is 10.7. The van der Waals surface area contributed by atoms with Crippen LogP contribution in [0.3, 0.4) is 0 Å². The van der Waals surface area contributed by atoms with Crippen molar-refractivity contribution in [1.29, 1.82) is 0 Å². The molecule has 0 aromatic heterocycles. The molecule has 15 heavy (non-hydrogen) atoms. The summed E-state index contributed by atoms with van der Waals surface area (Å²) in [5.41, 5.74) is 1.56. The van der Waals surface area contributed by atoms with Gasteiger partial charge in [-0.25, -0.2) is 4.79 Å². The van der Waals surface area contributed by atoms with E-state index < -0.39 is 0 Å². The number of nitrogens with zero attached hydrogens (tertiary/aromatic N) is 1. The molecule has 1 heterocycles. The van der Waals surface area contributed by atoms with Crippen molar-refractivity contribution in [2.24, 2.45) is 5.16 Å². The van der Waals surface area contributed by atoms with Crippen molar-refractivity contribution < 1.29 is 14.4 Å². The van der Waals surface area contributed by atoms with E-state index in [9.17, 15) is 4.79 Å².